The Morgan fingerprint density at radius 2 is 2.12 bits per heavy atom. The van der Waals surface area contributed by atoms with Gasteiger partial charge in [0, 0.05) is 13.1 Å². The van der Waals surface area contributed by atoms with Crippen LogP contribution in [0.15, 0.2) is 0 Å². The predicted octanol–water partition coefficient (Wildman–Crippen LogP) is 1.46. The fourth-order valence-corrected chi connectivity index (χ4v) is 3.55. The number of piperidine rings is 1. The second-order valence-corrected chi connectivity index (χ2v) is 7.30. The summed E-state index contributed by atoms with van der Waals surface area (Å²) in [7, 11) is -3.05. The molecule has 0 saturated carbocycles. The topological polar surface area (TPSA) is 57.6 Å². The maximum atomic E-state index is 11.5. The molecule has 0 bridgehead atoms. The highest BCUT2D eigenvalue weighted by molar-refractivity contribution is 7.88. The molecule has 5 heteroatoms. The van der Waals surface area contributed by atoms with Crippen molar-refractivity contribution in [3.8, 4) is 0 Å². The lowest BCUT2D eigenvalue weighted by atomic mass is 9.86. The van der Waals surface area contributed by atoms with Gasteiger partial charge in [-0.15, -0.1) is 0 Å². The first kappa shape index (κ1) is 14.9. The van der Waals surface area contributed by atoms with Crippen LogP contribution in [0.1, 0.15) is 39.5 Å². The van der Waals surface area contributed by atoms with Crippen molar-refractivity contribution in [3.63, 3.8) is 0 Å². The van der Waals surface area contributed by atoms with Gasteiger partial charge in [0.2, 0.25) is 10.0 Å². The summed E-state index contributed by atoms with van der Waals surface area (Å²) >= 11 is 0. The highest BCUT2D eigenvalue weighted by Gasteiger charge is 2.27. The molecule has 0 aromatic carbocycles. The van der Waals surface area contributed by atoms with Crippen molar-refractivity contribution in [1.82, 2.24) is 4.31 Å². The lowest BCUT2D eigenvalue weighted by Gasteiger charge is -2.33. The molecule has 3 unspecified atom stereocenters. The van der Waals surface area contributed by atoms with Crippen molar-refractivity contribution in [2.75, 3.05) is 19.3 Å². The third-order valence-electron chi connectivity index (χ3n) is 3.73. The van der Waals surface area contributed by atoms with Crippen LogP contribution in [0, 0.1) is 11.8 Å². The molecule has 0 aromatic heterocycles. The fraction of sp³-hybridized carbons (Fsp3) is 1.00. The molecule has 1 fully saturated rings. The fourth-order valence-electron chi connectivity index (χ4n) is 2.61. The van der Waals surface area contributed by atoms with Crippen LogP contribution >= 0.6 is 0 Å². The Morgan fingerprint density at radius 1 is 1.47 bits per heavy atom. The van der Waals surface area contributed by atoms with E-state index in [1.807, 2.05) is 13.8 Å². The summed E-state index contributed by atoms with van der Waals surface area (Å²) in [6.45, 7) is 5.30. The van der Waals surface area contributed by atoms with Gasteiger partial charge in [-0.05, 0) is 37.5 Å². The van der Waals surface area contributed by atoms with Crippen LogP contribution in [-0.4, -0.2) is 43.3 Å². The number of hydrogen-bond acceptors (Lipinski definition) is 3. The van der Waals surface area contributed by atoms with Crippen LogP contribution in [0.4, 0.5) is 0 Å². The molecule has 4 nitrogen and oxygen atoms in total. The average molecular weight is 263 g/mol. The summed E-state index contributed by atoms with van der Waals surface area (Å²) in [5.74, 6) is 0.652. The van der Waals surface area contributed by atoms with Crippen LogP contribution in [-0.2, 0) is 10.0 Å². The van der Waals surface area contributed by atoms with E-state index in [1.54, 1.807) is 4.31 Å². The Balaban J connectivity index is 2.50. The maximum absolute atomic E-state index is 11.5. The highest BCUT2D eigenvalue weighted by Crippen LogP contribution is 2.26. The molecule has 1 saturated heterocycles. The Hall–Kier alpha value is -0.130. The van der Waals surface area contributed by atoms with Crippen LogP contribution in [0.3, 0.4) is 0 Å². The standard InChI is InChI=1S/C12H25NO3S/c1-4-12(14)10(2)8-11-6-5-7-13(9-11)17(3,15)16/h10-12,14H,4-9H2,1-3H3. The minimum atomic E-state index is -3.05. The normalized spacial score (nSPS) is 26.7. The Kier molecular flexibility index (Phi) is 5.41. The van der Waals surface area contributed by atoms with Crippen molar-refractivity contribution in [1.29, 1.82) is 0 Å². The van der Waals surface area contributed by atoms with Crippen LogP contribution in [0.25, 0.3) is 0 Å². The molecule has 1 aliphatic rings. The molecule has 0 amide bonds. The van der Waals surface area contributed by atoms with Gasteiger partial charge in [0.05, 0.1) is 12.4 Å². The number of rotatable bonds is 5. The van der Waals surface area contributed by atoms with E-state index in [4.69, 9.17) is 0 Å². The van der Waals surface area contributed by atoms with Gasteiger partial charge < -0.3 is 5.11 Å². The monoisotopic (exact) mass is 263 g/mol. The molecule has 0 spiro atoms. The summed E-state index contributed by atoms with van der Waals surface area (Å²) in [6, 6.07) is 0. The second-order valence-electron chi connectivity index (χ2n) is 5.32. The SMILES string of the molecule is CCC(O)C(C)CC1CCCN(S(C)(=O)=O)C1. The first-order chi connectivity index (χ1) is 7.84. The minimum Gasteiger partial charge on any atom is -0.393 e. The number of sulfonamides is 1. The summed E-state index contributed by atoms with van der Waals surface area (Å²) in [6.07, 6.45) is 4.72. The lowest BCUT2D eigenvalue weighted by Crippen LogP contribution is -2.40. The Labute approximate surface area is 105 Å². The zero-order valence-electron chi connectivity index (χ0n) is 11.1. The summed E-state index contributed by atoms with van der Waals surface area (Å²) < 4.78 is 24.5. The Morgan fingerprint density at radius 3 is 2.65 bits per heavy atom. The van der Waals surface area contributed by atoms with Gasteiger partial charge in [0.15, 0.2) is 0 Å². The smallest absolute Gasteiger partial charge is 0.211 e. The van der Waals surface area contributed by atoms with Gasteiger partial charge in [0.1, 0.15) is 0 Å². The third kappa shape index (κ3) is 4.56. The molecule has 1 heterocycles. The van der Waals surface area contributed by atoms with Crippen molar-refractivity contribution < 1.29 is 13.5 Å². The second kappa shape index (κ2) is 6.16. The van der Waals surface area contributed by atoms with Gasteiger partial charge >= 0.3 is 0 Å². The predicted molar refractivity (Wildman–Crippen MR) is 69.2 cm³/mol. The Bertz CT molecular complexity index is 329. The van der Waals surface area contributed by atoms with Gasteiger partial charge in [-0.25, -0.2) is 12.7 Å². The van der Waals surface area contributed by atoms with E-state index in [0.29, 0.717) is 19.0 Å². The van der Waals surface area contributed by atoms with E-state index in [2.05, 4.69) is 0 Å². The van der Waals surface area contributed by atoms with Crippen molar-refractivity contribution in [2.45, 2.75) is 45.6 Å². The van der Waals surface area contributed by atoms with E-state index in [1.165, 1.54) is 6.26 Å². The summed E-state index contributed by atoms with van der Waals surface area (Å²) in [5.41, 5.74) is 0. The number of aliphatic hydroxyl groups is 1. The molecule has 1 aliphatic heterocycles. The van der Waals surface area contributed by atoms with Crippen molar-refractivity contribution in [3.05, 3.63) is 0 Å². The third-order valence-corrected chi connectivity index (χ3v) is 5.00. The molecule has 0 radical (unpaired) electrons. The first-order valence-electron chi connectivity index (χ1n) is 6.47. The van der Waals surface area contributed by atoms with Gasteiger partial charge in [-0.3, -0.25) is 0 Å². The van der Waals surface area contributed by atoms with E-state index < -0.39 is 10.0 Å². The van der Waals surface area contributed by atoms with Crippen LogP contribution < -0.4 is 0 Å². The van der Waals surface area contributed by atoms with E-state index in [0.717, 1.165) is 25.7 Å². The summed E-state index contributed by atoms with van der Waals surface area (Å²) in [4.78, 5) is 0. The van der Waals surface area contributed by atoms with E-state index in [9.17, 15) is 13.5 Å². The maximum Gasteiger partial charge on any atom is 0.211 e. The largest absolute Gasteiger partial charge is 0.393 e. The van der Waals surface area contributed by atoms with Gasteiger partial charge in [0.25, 0.3) is 0 Å². The van der Waals surface area contributed by atoms with Crippen LogP contribution in [0.5, 0.6) is 0 Å². The molecular weight excluding hydrogens is 238 g/mol. The number of aliphatic hydroxyl groups excluding tert-OH is 1. The first-order valence-corrected chi connectivity index (χ1v) is 8.32. The molecule has 102 valence electrons. The van der Waals surface area contributed by atoms with Crippen molar-refractivity contribution in [2.24, 2.45) is 11.8 Å². The van der Waals surface area contributed by atoms with Crippen molar-refractivity contribution >= 4 is 10.0 Å². The highest BCUT2D eigenvalue weighted by atomic mass is 32.2. The van der Waals surface area contributed by atoms with Gasteiger partial charge in [-0.2, -0.15) is 0 Å². The van der Waals surface area contributed by atoms with E-state index in [-0.39, 0.29) is 12.0 Å². The molecule has 17 heavy (non-hydrogen) atoms. The molecule has 1 N–H and O–H groups in total. The summed E-state index contributed by atoms with van der Waals surface area (Å²) in [5, 5.41) is 9.75. The van der Waals surface area contributed by atoms with E-state index >= 15 is 0 Å². The molecule has 0 aromatic rings. The average Bonchev–Trinajstić information content (AvgIpc) is 2.27. The lowest BCUT2D eigenvalue weighted by molar-refractivity contribution is 0.0899. The number of hydrogen-bond donors (Lipinski definition) is 1. The van der Waals surface area contributed by atoms with Crippen LogP contribution in [0.2, 0.25) is 0 Å². The van der Waals surface area contributed by atoms with Gasteiger partial charge in [-0.1, -0.05) is 13.8 Å². The zero-order valence-corrected chi connectivity index (χ0v) is 11.9. The zero-order chi connectivity index (χ0) is 13.1. The molecule has 0 aliphatic carbocycles. The molecule has 1 rings (SSSR count). The minimum absolute atomic E-state index is 0.254. The quantitative estimate of drug-likeness (QED) is 0.817. The molecule has 3 atom stereocenters. The number of nitrogens with zero attached hydrogens (tertiary/aromatic N) is 1. The molecular formula is C12H25NO3S.